The Bertz CT molecular complexity index is 1200. The molecule has 2 aromatic carbocycles. The van der Waals surface area contributed by atoms with Gasteiger partial charge in [-0.25, -0.2) is 4.68 Å². The minimum atomic E-state index is -0.608. The fraction of sp³-hybridized carbons (Fsp3) is 0.154. The number of Topliss-reactive ketones (excluding diaryl/α,β-unsaturated/α-hetero) is 1. The molecule has 0 aliphatic heterocycles. The molecule has 4 rings (SSSR count). The smallest absolute Gasteiger partial charge is 0.295 e. The highest BCUT2D eigenvalue weighted by molar-refractivity contribution is 6.43. The molecule has 1 unspecified atom stereocenters. The van der Waals surface area contributed by atoms with E-state index in [1.54, 1.807) is 31.8 Å². The maximum Gasteiger partial charge on any atom is 0.295 e. The fourth-order valence-corrected chi connectivity index (χ4v) is 3.94. The second-order valence-electron chi connectivity index (χ2n) is 7.61. The fourth-order valence-electron chi connectivity index (χ4n) is 3.94. The first-order chi connectivity index (χ1) is 15.5. The Morgan fingerprint density at radius 3 is 2.12 bits per heavy atom. The number of ketones is 1. The second-order valence-corrected chi connectivity index (χ2v) is 7.61. The highest BCUT2D eigenvalue weighted by Crippen LogP contribution is 2.27. The number of hydrogen-bond acceptors (Lipinski definition) is 4. The van der Waals surface area contributed by atoms with Crippen LogP contribution in [0, 0.1) is 13.8 Å². The van der Waals surface area contributed by atoms with Crippen LogP contribution in [-0.2, 0) is 4.79 Å². The van der Waals surface area contributed by atoms with Gasteiger partial charge in [0.15, 0.2) is 0 Å². The zero-order chi connectivity index (χ0) is 22.7. The first-order valence-corrected chi connectivity index (χ1v) is 10.4. The minimum absolute atomic E-state index is 0.332. The van der Waals surface area contributed by atoms with Gasteiger partial charge in [-0.05, 0) is 43.7 Å². The molecular formula is C26H24N4O2. The Hall–Kier alpha value is -4.06. The molecule has 0 saturated heterocycles. The van der Waals surface area contributed by atoms with Gasteiger partial charge >= 0.3 is 0 Å². The van der Waals surface area contributed by atoms with Crippen LogP contribution >= 0.6 is 0 Å². The van der Waals surface area contributed by atoms with Gasteiger partial charge in [0.1, 0.15) is 0 Å². The average Bonchev–Trinajstić information content (AvgIpc) is 3.14. The predicted molar refractivity (Wildman–Crippen MR) is 123 cm³/mol. The van der Waals surface area contributed by atoms with E-state index in [0.29, 0.717) is 22.6 Å². The van der Waals surface area contributed by atoms with Crippen molar-refractivity contribution in [3.63, 3.8) is 0 Å². The number of benzene rings is 2. The van der Waals surface area contributed by atoms with E-state index < -0.39 is 17.7 Å². The Morgan fingerprint density at radius 2 is 1.50 bits per heavy atom. The van der Waals surface area contributed by atoms with E-state index in [0.717, 1.165) is 11.3 Å². The SMILES string of the molecule is Cc1nn(-c2ccccc2)c(C)c1C(=O)C(=O)N(C)C(c1ccccc1)c1ccccn1. The van der Waals surface area contributed by atoms with Crippen molar-refractivity contribution in [1.82, 2.24) is 19.7 Å². The van der Waals surface area contributed by atoms with Gasteiger partial charge < -0.3 is 4.90 Å². The molecular weight excluding hydrogens is 400 g/mol. The van der Waals surface area contributed by atoms with Crippen LogP contribution in [0.5, 0.6) is 0 Å². The van der Waals surface area contributed by atoms with Gasteiger partial charge in [0.2, 0.25) is 0 Å². The van der Waals surface area contributed by atoms with Crippen LogP contribution in [0.25, 0.3) is 5.69 Å². The van der Waals surface area contributed by atoms with Crippen molar-refractivity contribution in [2.24, 2.45) is 0 Å². The maximum atomic E-state index is 13.4. The minimum Gasteiger partial charge on any atom is -0.326 e. The van der Waals surface area contributed by atoms with Crippen molar-refractivity contribution in [2.75, 3.05) is 7.05 Å². The normalized spacial score (nSPS) is 11.7. The lowest BCUT2D eigenvalue weighted by molar-refractivity contribution is -0.126. The molecule has 6 heteroatoms. The van der Waals surface area contributed by atoms with Crippen LogP contribution in [0.4, 0.5) is 0 Å². The van der Waals surface area contributed by atoms with Gasteiger partial charge in [0.25, 0.3) is 11.7 Å². The summed E-state index contributed by atoms with van der Waals surface area (Å²) in [6, 6.07) is 24.2. The summed E-state index contributed by atoms with van der Waals surface area (Å²) < 4.78 is 1.70. The molecule has 160 valence electrons. The molecule has 0 aliphatic carbocycles. The van der Waals surface area contributed by atoms with E-state index in [-0.39, 0.29) is 0 Å². The highest BCUT2D eigenvalue weighted by Gasteiger charge is 2.32. The number of hydrogen-bond donors (Lipinski definition) is 0. The Labute approximate surface area is 187 Å². The van der Waals surface area contributed by atoms with Crippen LogP contribution in [0.3, 0.4) is 0 Å². The van der Waals surface area contributed by atoms with Gasteiger partial charge in [0, 0.05) is 13.2 Å². The molecule has 0 bridgehead atoms. The molecule has 0 aliphatic rings. The molecule has 4 aromatic rings. The van der Waals surface area contributed by atoms with Crippen molar-refractivity contribution in [2.45, 2.75) is 19.9 Å². The van der Waals surface area contributed by atoms with Crippen LogP contribution in [0.1, 0.15) is 39.0 Å². The summed E-state index contributed by atoms with van der Waals surface area (Å²) in [4.78, 5) is 32.7. The Morgan fingerprint density at radius 1 is 0.875 bits per heavy atom. The van der Waals surface area contributed by atoms with E-state index >= 15 is 0 Å². The standard InChI is InChI=1S/C26H24N4O2/c1-18-23(19(2)30(28-18)21-14-8-5-9-15-21)25(31)26(32)29(3)24(20-12-6-4-7-13-20)22-16-10-11-17-27-22/h4-17,24H,1-3H3. The maximum absolute atomic E-state index is 13.4. The molecule has 0 radical (unpaired) electrons. The summed E-state index contributed by atoms with van der Waals surface area (Å²) in [6.07, 6.45) is 1.68. The van der Waals surface area contributed by atoms with E-state index in [1.807, 2.05) is 78.9 Å². The third-order valence-electron chi connectivity index (χ3n) is 5.50. The Balaban J connectivity index is 1.70. The quantitative estimate of drug-likeness (QED) is 0.342. The number of carbonyl (C=O) groups is 2. The lowest BCUT2D eigenvalue weighted by Crippen LogP contribution is -2.37. The monoisotopic (exact) mass is 424 g/mol. The van der Waals surface area contributed by atoms with Crippen molar-refractivity contribution in [3.05, 3.63) is 113 Å². The van der Waals surface area contributed by atoms with E-state index in [2.05, 4.69) is 10.1 Å². The van der Waals surface area contributed by atoms with Gasteiger partial charge in [0.05, 0.1) is 34.4 Å². The van der Waals surface area contributed by atoms with Crippen LogP contribution in [-0.4, -0.2) is 38.4 Å². The third-order valence-corrected chi connectivity index (χ3v) is 5.50. The summed E-state index contributed by atoms with van der Waals surface area (Å²) in [5.74, 6) is -1.19. The lowest BCUT2D eigenvalue weighted by Gasteiger charge is -2.27. The summed E-state index contributed by atoms with van der Waals surface area (Å²) in [5, 5.41) is 4.52. The molecule has 1 atom stereocenters. The van der Waals surface area contributed by atoms with Crippen LogP contribution in [0.2, 0.25) is 0 Å². The first kappa shape index (κ1) is 21.2. The number of pyridine rings is 1. The lowest BCUT2D eigenvalue weighted by atomic mass is 10.00. The number of aryl methyl sites for hydroxylation is 1. The van der Waals surface area contributed by atoms with E-state index in [9.17, 15) is 9.59 Å². The van der Waals surface area contributed by atoms with E-state index in [1.165, 1.54) is 4.90 Å². The Kier molecular flexibility index (Phi) is 5.94. The number of rotatable bonds is 6. The molecule has 0 spiro atoms. The summed E-state index contributed by atoms with van der Waals surface area (Å²) in [5.41, 5.74) is 3.89. The van der Waals surface area contributed by atoms with Gasteiger partial charge in [-0.1, -0.05) is 54.6 Å². The third kappa shape index (κ3) is 3.95. The highest BCUT2D eigenvalue weighted by atomic mass is 16.2. The van der Waals surface area contributed by atoms with Crippen LogP contribution < -0.4 is 0 Å². The molecule has 0 fully saturated rings. The molecule has 1 amide bonds. The number of para-hydroxylation sites is 1. The second kappa shape index (κ2) is 8.98. The van der Waals surface area contributed by atoms with Gasteiger partial charge in [-0.3, -0.25) is 14.6 Å². The first-order valence-electron chi connectivity index (χ1n) is 10.4. The molecule has 0 N–H and O–H groups in total. The molecule has 2 heterocycles. The summed E-state index contributed by atoms with van der Waals surface area (Å²) in [6.45, 7) is 3.56. The van der Waals surface area contributed by atoms with Crippen molar-refractivity contribution in [1.29, 1.82) is 0 Å². The largest absolute Gasteiger partial charge is 0.326 e. The van der Waals surface area contributed by atoms with Gasteiger partial charge in [-0.15, -0.1) is 0 Å². The van der Waals surface area contributed by atoms with Crippen LogP contribution in [0.15, 0.2) is 85.1 Å². The topological polar surface area (TPSA) is 68.1 Å². The predicted octanol–water partition coefficient (Wildman–Crippen LogP) is 4.31. The number of amides is 1. The number of nitrogens with zero attached hydrogens (tertiary/aromatic N) is 4. The molecule has 2 aromatic heterocycles. The number of carbonyl (C=O) groups excluding carboxylic acids is 2. The van der Waals surface area contributed by atoms with E-state index in [4.69, 9.17) is 0 Å². The van der Waals surface area contributed by atoms with Crippen molar-refractivity contribution < 1.29 is 9.59 Å². The average molecular weight is 425 g/mol. The van der Waals surface area contributed by atoms with Gasteiger partial charge in [-0.2, -0.15) is 5.10 Å². The number of aromatic nitrogens is 3. The number of likely N-dealkylation sites (N-methyl/N-ethyl adjacent to an activating group) is 1. The molecule has 0 saturated carbocycles. The van der Waals surface area contributed by atoms with Crippen molar-refractivity contribution in [3.8, 4) is 5.69 Å². The summed E-state index contributed by atoms with van der Waals surface area (Å²) >= 11 is 0. The molecule has 6 nitrogen and oxygen atoms in total. The molecule has 32 heavy (non-hydrogen) atoms. The zero-order valence-electron chi connectivity index (χ0n) is 18.3. The zero-order valence-corrected chi connectivity index (χ0v) is 18.3. The summed E-state index contributed by atoms with van der Waals surface area (Å²) in [7, 11) is 1.64. The van der Waals surface area contributed by atoms with Crippen molar-refractivity contribution >= 4 is 11.7 Å².